The standard InChI is InChI=1S/C18H20O4S/c1-14(2)17(22-18(19)15-9-5-3-6-10-15)13-23(20,21)16-11-7-4-8-12-16/h3-12,14,17H,13H2,1-2H3. The molecule has 2 aromatic rings. The van der Waals surface area contributed by atoms with Gasteiger partial charge in [-0.15, -0.1) is 0 Å². The minimum absolute atomic E-state index is 0.110. The topological polar surface area (TPSA) is 60.4 Å². The summed E-state index contributed by atoms with van der Waals surface area (Å²) in [7, 11) is -3.51. The highest BCUT2D eigenvalue weighted by molar-refractivity contribution is 7.91. The number of carbonyl (C=O) groups is 1. The van der Waals surface area contributed by atoms with E-state index in [2.05, 4.69) is 0 Å². The third kappa shape index (κ3) is 4.66. The molecule has 1 atom stereocenters. The van der Waals surface area contributed by atoms with Crippen LogP contribution in [0.1, 0.15) is 24.2 Å². The zero-order chi connectivity index (χ0) is 16.9. The van der Waals surface area contributed by atoms with Crippen LogP contribution in [0.15, 0.2) is 65.6 Å². The van der Waals surface area contributed by atoms with Crippen molar-refractivity contribution in [3.05, 3.63) is 66.2 Å². The van der Waals surface area contributed by atoms with E-state index >= 15 is 0 Å². The zero-order valence-electron chi connectivity index (χ0n) is 13.2. The summed E-state index contributed by atoms with van der Waals surface area (Å²) in [6, 6.07) is 16.8. The van der Waals surface area contributed by atoms with Crippen molar-refractivity contribution in [2.75, 3.05) is 5.75 Å². The Morgan fingerprint density at radius 1 is 0.957 bits per heavy atom. The lowest BCUT2D eigenvalue weighted by Crippen LogP contribution is -2.31. The summed E-state index contributed by atoms with van der Waals surface area (Å²) in [4.78, 5) is 12.4. The summed E-state index contributed by atoms with van der Waals surface area (Å²) < 4.78 is 30.4. The fourth-order valence-corrected chi connectivity index (χ4v) is 3.73. The van der Waals surface area contributed by atoms with E-state index in [9.17, 15) is 13.2 Å². The van der Waals surface area contributed by atoms with Crippen molar-refractivity contribution in [3.63, 3.8) is 0 Å². The van der Waals surface area contributed by atoms with Gasteiger partial charge in [0.25, 0.3) is 0 Å². The lowest BCUT2D eigenvalue weighted by atomic mass is 10.1. The molecule has 0 aromatic heterocycles. The van der Waals surface area contributed by atoms with E-state index in [-0.39, 0.29) is 16.6 Å². The average molecular weight is 332 g/mol. The van der Waals surface area contributed by atoms with Crippen LogP contribution in [0.4, 0.5) is 0 Å². The summed E-state index contributed by atoms with van der Waals surface area (Å²) in [6.07, 6.45) is -0.701. The smallest absolute Gasteiger partial charge is 0.338 e. The first-order chi connectivity index (χ1) is 10.9. The van der Waals surface area contributed by atoms with Crippen molar-refractivity contribution in [1.82, 2.24) is 0 Å². The Balaban J connectivity index is 2.15. The molecule has 0 heterocycles. The molecule has 0 aliphatic rings. The minimum atomic E-state index is -3.51. The minimum Gasteiger partial charge on any atom is -0.457 e. The number of carbonyl (C=O) groups excluding carboxylic acids is 1. The molecule has 0 saturated carbocycles. The average Bonchev–Trinajstić information content (AvgIpc) is 2.55. The first-order valence-corrected chi connectivity index (χ1v) is 9.09. The van der Waals surface area contributed by atoms with Crippen molar-refractivity contribution >= 4 is 15.8 Å². The van der Waals surface area contributed by atoms with Crippen LogP contribution in [0.3, 0.4) is 0 Å². The van der Waals surface area contributed by atoms with Crippen LogP contribution >= 0.6 is 0 Å². The maximum atomic E-state index is 12.5. The molecular weight excluding hydrogens is 312 g/mol. The Morgan fingerprint density at radius 3 is 2.00 bits per heavy atom. The molecule has 0 radical (unpaired) electrons. The molecule has 0 fully saturated rings. The maximum Gasteiger partial charge on any atom is 0.338 e. The third-order valence-corrected chi connectivity index (χ3v) is 5.26. The number of hydrogen-bond acceptors (Lipinski definition) is 4. The SMILES string of the molecule is CC(C)C(CS(=O)(=O)c1ccccc1)OC(=O)c1ccccc1. The van der Waals surface area contributed by atoms with Crippen LogP contribution in [0, 0.1) is 5.92 Å². The molecular formula is C18H20O4S. The Labute approximate surface area is 137 Å². The molecule has 5 heteroatoms. The number of sulfone groups is 1. The van der Waals surface area contributed by atoms with E-state index in [0.29, 0.717) is 5.56 Å². The van der Waals surface area contributed by atoms with Gasteiger partial charge in [0.05, 0.1) is 16.2 Å². The molecule has 0 aliphatic heterocycles. The molecule has 0 aliphatic carbocycles. The lowest BCUT2D eigenvalue weighted by molar-refractivity contribution is 0.0247. The second kappa shape index (κ2) is 7.42. The molecule has 2 rings (SSSR count). The van der Waals surface area contributed by atoms with Gasteiger partial charge in [-0.05, 0) is 30.2 Å². The normalized spacial score (nSPS) is 12.8. The van der Waals surface area contributed by atoms with E-state index < -0.39 is 21.9 Å². The van der Waals surface area contributed by atoms with Crippen LogP contribution in [-0.4, -0.2) is 26.2 Å². The lowest BCUT2D eigenvalue weighted by Gasteiger charge is -2.21. The van der Waals surface area contributed by atoms with Gasteiger partial charge in [-0.1, -0.05) is 50.2 Å². The van der Waals surface area contributed by atoms with E-state index in [1.54, 1.807) is 60.7 Å². The number of rotatable bonds is 6. The summed E-state index contributed by atoms with van der Waals surface area (Å²) in [5, 5.41) is 0. The van der Waals surface area contributed by atoms with E-state index in [1.807, 2.05) is 13.8 Å². The van der Waals surface area contributed by atoms with Crippen molar-refractivity contribution in [1.29, 1.82) is 0 Å². The number of esters is 1. The first-order valence-electron chi connectivity index (χ1n) is 7.44. The number of hydrogen-bond donors (Lipinski definition) is 0. The molecule has 0 bridgehead atoms. The van der Waals surface area contributed by atoms with E-state index in [0.717, 1.165) is 0 Å². The van der Waals surface area contributed by atoms with Crippen LogP contribution in [-0.2, 0) is 14.6 Å². The largest absolute Gasteiger partial charge is 0.457 e. The molecule has 0 N–H and O–H groups in total. The highest BCUT2D eigenvalue weighted by atomic mass is 32.2. The fraction of sp³-hybridized carbons (Fsp3) is 0.278. The van der Waals surface area contributed by atoms with Crippen LogP contribution in [0.2, 0.25) is 0 Å². The van der Waals surface area contributed by atoms with Crippen molar-refractivity contribution < 1.29 is 17.9 Å². The Bertz CT molecular complexity index is 737. The summed E-state index contributed by atoms with van der Waals surface area (Å²) >= 11 is 0. The van der Waals surface area contributed by atoms with Crippen molar-refractivity contribution in [2.45, 2.75) is 24.8 Å². The maximum absolute atomic E-state index is 12.5. The molecule has 2 aromatic carbocycles. The van der Waals surface area contributed by atoms with Gasteiger partial charge in [-0.2, -0.15) is 0 Å². The quantitative estimate of drug-likeness (QED) is 0.761. The highest BCUT2D eigenvalue weighted by Crippen LogP contribution is 2.18. The molecule has 23 heavy (non-hydrogen) atoms. The summed E-state index contributed by atoms with van der Waals surface area (Å²) in [6.45, 7) is 3.67. The monoisotopic (exact) mass is 332 g/mol. The fourth-order valence-electron chi connectivity index (χ4n) is 2.08. The molecule has 122 valence electrons. The van der Waals surface area contributed by atoms with Gasteiger partial charge < -0.3 is 4.74 Å². The van der Waals surface area contributed by atoms with Gasteiger partial charge in [-0.25, -0.2) is 13.2 Å². The summed E-state index contributed by atoms with van der Waals surface area (Å²) in [5.41, 5.74) is 0.412. The van der Waals surface area contributed by atoms with Crippen molar-refractivity contribution in [3.8, 4) is 0 Å². The Morgan fingerprint density at radius 2 is 1.48 bits per heavy atom. The molecule has 1 unspecified atom stereocenters. The van der Waals surface area contributed by atoms with Gasteiger partial charge in [0.15, 0.2) is 9.84 Å². The molecule has 0 spiro atoms. The van der Waals surface area contributed by atoms with Crippen LogP contribution in [0.25, 0.3) is 0 Å². The number of ether oxygens (including phenoxy) is 1. The second-order valence-corrected chi connectivity index (χ2v) is 7.68. The predicted octanol–water partition coefficient (Wildman–Crippen LogP) is 3.34. The second-order valence-electron chi connectivity index (χ2n) is 5.65. The van der Waals surface area contributed by atoms with Gasteiger partial charge >= 0.3 is 5.97 Å². The van der Waals surface area contributed by atoms with Gasteiger partial charge in [0.2, 0.25) is 0 Å². The third-order valence-electron chi connectivity index (χ3n) is 3.50. The Kier molecular flexibility index (Phi) is 5.55. The van der Waals surface area contributed by atoms with Crippen LogP contribution < -0.4 is 0 Å². The van der Waals surface area contributed by atoms with E-state index in [1.165, 1.54) is 0 Å². The molecule has 0 saturated heterocycles. The predicted molar refractivity (Wildman–Crippen MR) is 89.0 cm³/mol. The molecule has 0 amide bonds. The number of benzene rings is 2. The van der Waals surface area contributed by atoms with Gasteiger partial charge in [0, 0.05) is 0 Å². The molecule has 4 nitrogen and oxygen atoms in total. The Hall–Kier alpha value is -2.14. The van der Waals surface area contributed by atoms with Gasteiger partial charge in [-0.3, -0.25) is 0 Å². The highest BCUT2D eigenvalue weighted by Gasteiger charge is 2.27. The van der Waals surface area contributed by atoms with Gasteiger partial charge in [0.1, 0.15) is 6.10 Å². The first kappa shape index (κ1) is 17.2. The zero-order valence-corrected chi connectivity index (χ0v) is 14.0. The summed E-state index contributed by atoms with van der Waals surface area (Å²) in [5.74, 6) is -0.846. The van der Waals surface area contributed by atoms with Crippen molar-refractivity contribution in [2.24, 2.45) is 5.92 Å². The van der Waals surface area contributed by atoms with Crippen LogP contribution in [0.5, 0.6) is 0 Å². The van der Waals surface area contributed by atoms with E-state index in [4.69, 9.17) is 4.74 Å².